The molecule has 0 bridgehead atoms. The second kappa shape index (κ2) is 5.18. The van der Waals surface area contributed by atoms with Gasteiger partial charge in [-0.25, -0.2) is 4.98 Å². The first-order valence-corrected chi connectivity index (χ1v) is 4.06. The summed E-state index contributed by atoms with van der Waals surface area (Å²) >= 11 is 0. The van der Waals surface area contributed by atoms with E-state index in [4.69, 9.17) is 10.5 Å². The molecule has 0 aromatic carbocycles. The van der Waals surface area contributed by atoms with Gasteiger partial charge in [-0.05, 0) is 6.07 Å². The first kappa shape index (κ1) is 9.56. The van der Waals surface area contributed by atoms with Crippen molar-refractivity contribution in [3.63, 3.8) is 0 Å². The van der Waals surface area contributed by atoms with E-state index in [-0.39, 0.29) is 0 Å². The third-order valence-corrected chi connectivity index (χ3v) is 1.45. The fourth-order valence-corrected chi connectivity index (χ4v) is 0.812. The SMILES string of the molecule is COc1ccc(C#CCCN)cn1. The van der Waals surface area contributed by atoms with E-state index in [1.54, 1.807) is 19.4 Å². The average Bonchev–Trinajstić information content (AvgIpc) is 2.19. The Balaban J connectivity index is 2.65. The molecule has 0 amide bonds. The molecule has 3 nitrogen and oxygen atoms in total. The van der Waals surface area contributed by atoms with Crippen molar-refractivity contribution in [2.75, 3.05) is 13.7 Å². The summed E-state index contributed by atoms with van der Waals surface area (Å²) in [7, 11) is 1.59. The third-order valence-electron chi connectivity index (χ3n) is 1.45. The number of methoxy groups -OCH3 is 1. The van der Waals surface area contributed by atoms with Crippen molar-refractivity contribution in [1.29, 1.82) is 0 Å². The number of pyridine rings is 1. The third kappa shape index (κ3) is 3.14. The smallest absolute Gasteiger partial charge is 0.212 e. The molecule has 1 aromatic rings. The van der Waals surface area contributed by atoms with Gasteiger partial charge in [-0.15, -0.1) is 0 Å². The Labute approximate surface area is 77.9 Å². The van der Waals surface area contributed by atoms with Crippen LogP contribution in [0.2, 0.25) is 0 Å². The molecule has 0 aliphatic rings. The largest absolute Gasteiger partial charge is 0.481 e. The van der Waals surface area contributed by atoms with Crippen molar-refractivity contribution in [3.8, 4) is 17.7 Å². The summed E-state index contributed by atoms with van der Waals surface area (Å²) in [6, 6.07) is 3.65. The molecule has 2 N–H and O–H groups in total. The van der Waals surface area contributed by atoms with Gasteiger partial charge in [-0.1, -0.05) is 11.8 Å². The number of nitrogens with zero attached hydrogens (tertiary/aromatic N) is 1. The number of nitrogens with two attached hydrogens (primary N) is 1. The Morgan fingerprint density at radius 1 is 1.54 bits per heavy atom. The van der Waals surface area contributed by atoms with E-state index >= 15 is 0 Å². The maximum atomic E-state index is 5.30. The van der Waals surface area contributed by atoms with Crippen LogP contribution in [0.25, 0.3) is 0 Å². The molecule has 0 aliphatic heterocycles. The summed E-state index contributed by atoms with van der Waals surface area (Å²) in [6.07, 6.45) is 2.40. The molecule has 0 saturated heterocycles. The number of ether oxygens (including phenoxy) is 1. The van der Waals surface area contributed by atoms with Gasteiger partial charge < -0.3 is 10.5 Å². The Morgan fingerprint density at radius 2 is 2.38 bits per heavy atom. The molecule has 13 heavy (non-hydrogen) atoms. The quantitative estimate of drug-likeness (QED) is 0.678. The minimum absolute atomic E-state index is 0.594. The zero-order chi connectivity index (χ0) is 9.52. The van der Waals surface area contributed by atoms with Crippen LogP contribution in [0, 0.1) is 11.8 Å². The first-order valence-electron chi connectivity index (χ1n) is 4.06. The molecule has 1 rings (SSSR count). The molecule has 0 radical (unpaired) electrons. The lowest BCUT2D eigenvalue weighted by Gasteiger charge is -1.95. The van der Waals surface area contributed by atoms with Gasteiger partial charge in [-0.3, -0.25) is 0 Å². The summed E-state index contributed by atoms with van der Waals surface area (Å²) in [6.45, 7) is 0.594. The molecule has 0 atom stereocenters. The Kier molecular flexibility index (Phi) is 3.80. The molecule has 1 heterocycles. The van der Waals surface area contributed by atoms with E-state index in [2.05, 4.69) is 16.8 Å². The van der Waals surface area contributed by atoms with Crippen molar-refractivity contribution in [2.45, 2.75) is 6.42 Å². The standard InChI is InChI=1S/C10H12N2O/c1-13-10-6-5-9(8-12-10)4-2-3-7-11/h5-6,8H,3,7,11H2,1H3. The van der Waals surface area contributed by atoms with Gasteiger partial charge >= 0.3 is 0 Å². The summed E-state index contributed by atoms with van der Waals surface area (Å²) in [5.74, 6) is 6.48. The lowest BCUT2D eigenvalue weighted by molar-refractivity contribution is 0.398. The van der Waals surface area contributed by atoms with E-state index in [0.29, 0.717) is 18.8 Å². The van der Waals surface area contributed by atoms with Crippen LogP contribution < -0.4 is 10.5 Å². The topological polar surface area (TPSA) is 48.1 Å². The van der Waals surface area contributed by atoms with Gasteiger partial charge in [0.05, 0.1) is 7.11 Å². The number of aromatic nitrogens is 1. The summed E-state index contributed by atoms with van der Waals surface area (Å²) in [4.78, 5) is 4.02. The minimum Gasteiger partial charge on any atom is -0.481 e. The zero-order valence-corrected chi connectivity index (χ0v) is 7.58. The first-order chi connectivity index (χ1) is 6.36. The van der Waals surface area contributed by atoms with Crippen molar-refractivity contribution in [2.24, 2.45) is 5.73 Å². The van der Waals surface area contributed by atoms with E-state index in [0.717, 1.165) is 5.56 Å². The summed E-state index contributed by atoms with van der Waals surface area (Å²) < 4.78 is 4.92. The summed E-state index contributed by atoms with van der Waals surface area (Å²) in [5.41, 5.74) is 6.18. The molecule has 3 heteroatoms. The molecule has 0 saturated carbocycles. The van der Waals surface area contributed by atoms with E-state index in [1.165, 1.54) is 0 Å². The Morgan fingerprint density at radius 3 is 2.92 bits per heavy atom. The maximum Gasteiger partial charge on any atom is 0.212 e. The van der Waals surface area contributed by atoms with Gasteiger partial charge in [0, 0.05) is 30.8 Å². The van der Waals surface area contributed by atoms with Crippen LogP contribution in [0.4, 0.5) is 0 Å². The highest BCUT2D eigenvalue weighted by Gasteiger charge is 1.90. The van der Waals surface area contributed by atoms with Crippen molar-refractivity contribution < 1.29 is 4.74 Å². The molecular weight excluding hydrogens is 164 g/mol. The van der Waals surface area contributed by atoms with Crippen LogP contribution in [0.15, 0.2) is 18.3 Å². The molecule has 68 valence electrons. The number of hydrogen-bond donors (Lipinski definition) is 1. The van der Waals surface area contributed by atoms with E-state index in [1.807, 2.05) is 6.07 Å². The lowest BCUT2D eigenvalue weighted by atomic mass is 10.3. The van der Waals surface area contributed by atoms with Crippen LogP contribution in [0.3, 0.4) is 0 Å². The predicted molar refractivity (Wildman–Crippen MR) is 51.3 cm³/mol. The number of hydrogen-bond acceptors (Lipinski definition) is 3. The fourth-order valence-electron chi connectivity index (χ4n) is 0.812. The average molecular weight is 176 g/mol. The minimum atomic E-state index is 0.594. The normalized spacial score (nSPS) is 8.77. The van der Waals surface area contributed by atoms with E-state index < -0.39 is 0 Å². The highest BCUT2D eigenvalue weighted by atomic mass is 16.5. The monoisotopic (exact) mass is 176 g/mol. The number of rotatable bonds is 2. The molecule has 0 aliphatic carbocycles. The lowest BCUT2D eigenvalue weighted by Crippen LogP contribution is -1.95. The summed E-state index contributed by atoms with van der Waals surface area (Å²) in [5, 5.41) is 0. The fraction of sp³-hybridized carbons (Fsp3) is 0.300. The highest BCUT2D eigenvalue weighted by Crippen LogP contribution is 2.04. The van der Waals surface area contributed by atoms with Gasteiger partial charge in [0.25, 0.3) is 0 Å². The van der Waals surface area contributed by atoms with Crippen molar-refractivity contribution in [3.05, 3.63) is 23.9 Å². The van der Waals surface area contributed by atoms with Crippen molar-refractivity contribution in [1.82, 2.24) is 4.98 Å². The zero-order valence-electron chi connectivity index (χ0n) is 7.58. The Hall–Kier alpha value is -1.53. The molecule has 0 spiro atoms. The van der Waals surface area contributed by atoms with Gasteiger partial charge in [0.2, 0.25) is 5.88 Å². The Bertz CT molecular complexity index is 308. The molecule has 1 aromatic heterocycles. The van der Waals surface area contributed by atoms with Gasteiger partial charge in [-0.2, -0.15) is 0 Å². The molecular formula is C10H12N2O. The molecule has 0 fully saturated rings. The van der Waals surface area contributed by atoms with E-state index in [9.17, 15) is 0 Å². The van der Waals surface area contributed by atoms with Gasteiger partial charge in [0.1, 0.15) is 0 Å². The van der Waals surface area contributed by atoms with Crippen LogP contribution in [0.5, 0.6) is 5.88 Å². The second-order valence-corrected chi connectivity index (χ2v) is 2.43. The van der Waals surface area contributed by atoms with Gasteiger partial charge in [0.15, 0.2) is 0 Å². The van der Waals surface area contributed by atoms with Crippen molar-refractivity contribution >= 4 is 0 Å². The van der Waals surface area contributed by atoms with Crippen LogP contribution in [-0.2, 0) is 0 Å². The van der Waals surface area contributed by atoms with Crippen LogP contribution >= 0.6 is 0 Å². The maximum absolute atomic E-state index is 5.30. The predicted octanol–water partition coefficient (Wildman–Crippen LogP) is 0.791. The van der Waals surface area contributed by atoms with Crippen LogP contribution in [0.1, 0.15) is 12.0 Å². The second-order valence-electron chi connectivity index (χ2n) is 2.43. The highest BCUT2D eigenvalue weighted by molar-refractivity contribution is 5.33. The molecule has 0 unspecified atom stereocenters. The van der Waals surface area contributed by atoms with Crippen LogP contribution in [-0.4, -0.2) is 18.6 Å².